The van der Waals surface area contributed by atoms with E-state index in [0.29, 0.717) is 18.2 Å². The van der Waals surface area contributed by atoms with Crippen LogP contribution in [0.25, 0.3) is 0 Å². The summed E-state index contributed by atoms with van der Waals surface area (Å²) in [5.74, 6) is 0. The van der Waals surface area contributed by atoms with E-state index in [-0.39, 0.29) is 12.1 Å². The highest BCUT2D eigenvalue weighted by atomic mass is 16.6. The molecule has 3 aliphatic heterocycles. The van der Waals surface area contributed by atoms with Crippen molar-refractivity contribution in [2.24, 2.45) is 0 Å². The number of hydrogen-bond acceptors (Lipinski definition) is 3. The number of ether oxygens (including phenoxy) is 2. The highest BCUT2D eigenvalue weighted by Crippen LogP contribution is 2.46. The summed E-state index contributed by atoms with van der Waals surface area (Å²) in [6, 6.07) is 0.627. The maximum Gasteiger partial charge on any atom is 0.410 e. The first-order valence-electron chi connectivity index (χ1n) is 6.12. The molecular weight excluding hydrogens is 206 g/mol. The Morgan fingerprint density at radius 2 is 2.12 bits per heavy atom. The van der Waals surface area contributed by atoms with Gasteiger partial charge in [0.1, 0.15) is 11.7 Å². The second kappa shape index (κ2) is 3.13. The second-order valence-corrected chi connectivity index (χ2v) is 6.06. The van der Waals surface area contributed by atoms with E-state index in [1.165, 1.54) is 0 Å². The van der Waals surface area contributed by atoms with Gasteiger partial charge >= 0.3 is 6.09 Å². The number of carbonyl (C=O) groups is 1. The van der Waals surface area contributed by atoms with Crippen LogP contribution in [0.2, 0.25) is 0 Å². The minimum Gasteiger partial charge on any atom is -0.444 e. The predicted octanol–water partition coefficient (Wildman–Crippen LogP) is 1.93. The van der Waals surface area contributed by atoms with Gasteiger partial charge < -0.3 is 9.47 Å². The van der Waals surface area contributed by atoms with E-state index in [1.807, 2.05) is 25.7 Å². The van der Waals surface area contributed by atoms with E-state index in [0.717, 1.165) is 19.3 Å². The van der Waals surface area contributed by atoms with Gasteiger partial charge in [0.15, 0.2) is 0 Å². The molecule has 0 aromatic rings. The Morgan fingerprint density at radius 3 is 2.81 bits per heavy atom. The van der Waals surface area contributed by atoms with Gasteiger partial charge in [-0.25, -0.2) is 4.79 Å². The SMILES string of the molecule is CC(C)(C)OC(=O)N1C2CCC1C1OC1C2. The fraction of sp³-hybridized carbons (Fsp3) is 0.917. The molecule has 4 nitrogen and oxygen atoms in total. The van der Waals surface area contributed by atoms with Crippen molar-refractivity contribution < 1.29 is 14.3 Å². The van der Waals surface area contributed by atoms with E-state index in [4.69, 9.17) is 9.47 Å². The molecule has 16 heavy (non-hydrogen) atoms. The minimum absolute atomic E-state index is 0.158. The van der Waals surface area contributed by atoms with Gasteiger partial charge in [-0.2, -0.15) is 0 Å². The van der Waals surface area contributed by atoms with Crippen LogP contribution in [-0.2, 0) is 9.47 Å². The Bertz CT molecular complexity index is 323. The number of fused-ring (bicyclic) bond motifs is 4. The van der Waals surface area contributed by atoms with Crippen LogP contribution in [0.4, 0.5) is 4.79 Å². The van der Waals surface area contributed by atoms with Crippen LogP contribution in [-0.4, -0.2) is 40.9 Å². The number of amides is 1. The first kappa shape index (κ1) is 10.4. The maximum absolute atomic E-state index is 12.1. The normalized spacial score (nSPS) is 40.6. The zero-order chi connectivity index (χ0) is 11.5. The van der Waals surface area contributed by atoms with Crippen molar-refractivity contribution in [1.82, 2.24) is 4.90 Å². The molecule has 3 heterocycles. The quantitative estimate of drug-likeness (QED) is 0.591. The van der Waals surface area contributed by atoms with Crippen molar-refractivity contribution in [3.63, 3.8) is 0 Å². The maximum atomic E-state index is 12.1. The largest absolute Gasteiger partial charge is 0.444 e. The lowest BCUT2D eigenvalue weighted by atomic mass is 10.0. The van der Waals surface area contributed by atoms with Gasteiger partial charge in [0.25, 0.3) is 0 Å². The van der Waals surface area contributed by atoms with E-state index >= 15 is 0 Å². The summed E-state index contributed by atoms with van der Waals surface area (Å²) in [7, 11) is 0. The Balaban J connectivity index is 1.73. The van der Waals surface area contributed by atoms with Gasteiger partial charge in [0.05, 0.1) is 12.1 Å². The average molecular weight is 225 g/mol. The van der Waals surface area contributed by atoms with Gasteiger partial charge in [0, 0.05) is 6.04 Å². The fourth-order valence-electron chi connectivity index (χ4n) is 3.02. The predicted molar refractivity (Wildman–Crippen MR) is 58.2 cm³/mol. The molecule has 0 radical (unpaired) electrons. The third-order valence-electron chi connectivity index (χ3n) is 3.66. The molecule has 0 aromatic heterocycles. The van der Waals surface area contributed by atoms with Gasteiger partial charge in [-0.15, -0.1) is 0 Å². The van der Waals surface area contributed by atoms with Crippen molar-refractivity contribution in [2.45, 2.75) is 69.9 Å². The van der Waals surface area contributed by atoms with Crippen molar-refractivity contribution in [3.05, 3.63) is 0 Å². The number of nitrogens with zero attached hydrogens (tertiary/aromatic N) is 1. The Labute approximate surface area is 95.9 Å². The van der Waals surface area contributed by atoms with Gasteiger partial charge in [-0.3, -0.25) is 4.90 Å². The number of hydrogen-bond donors (Lipinski definition) is 0. The zero-order valence-corrected chi connectivity index (χ0v) is 10.1. The first-order chi connectivity index (χ1) is 7.46. The number of epoxide rings is 1. The second-order valence-electron chi connectivity index (χ2n) is 6.06. The third-order valence-corrected chi connectivity index (χ3v) is 3.66. The van der Waals surface area contributed by atoms with E-state index in [9.17, 15) is 4.79 Å². The fourth-order valence-corrected chi connectivity index (χ4v) is 3.02. The van der Waals surface area contributed by atoms with Crippen LogP contribution in [0.1, 0.15) is 40.0 Å². The molecule has 3 fully saturated rings. The van der Waals surface area contributed by atoms with Crippen LogP contribution < -0.4 is 0 Å². The molecule has 0 aliphatic carbocycles. The Morgan fingerprint density at radius 1 is 1.38 bits per heavy atom. The summed E-state index contributed by atoms with van der Waals surface area (Å²) in [6.45, 7) is 5.73. The molecule has 3 rings (SSSR count). The monoisotopic (exact) mass is 225 g/mol. The molecule has 4 unspecified atom stereocenters. The van der Waals surface area contributed by atoms with Crippen LogP contribution in [0.3, 0.4) is 0 Å². The highest BCUT2D eigenvalue weighted by Gasteiger charge is 2.59. The topological polar surface area (TPSA) is 42.1 Å². The summed E-state index contributed by atoms with van der Waals surface area (Å²) in [5, 5.41) is 0. The highest BCUT2D eigenvalue weighted by molar-refractivity contribution is 5.70. The van der Waals surface area contributed by atoms with Crippen LogP contribution in [0.5, 0.6) is 0 Å². The molecule has 1 amide bonds. The number of carbonyl (C=O) groups excluding carboxylic acids is 1. The smallest absolute Gasteiger partial charge is 0.410 e. The summed E-state index contributed by atoms with van der Waals surface area (Å²) in [6.07, 6.45) is 3.75. The van der Waals surface area contributed by atoms with Gasteiger partial charge in [0.2, 0.25) is 0 Å². The van der Waals surface area contributed by atoms with Crippen molar-refractivity contribution in [1.29, 1.82) is 0 Å². The Hall–Kier alpha value is -0.770. The molecule has 0 saturated carbocycles. The summed E-state index contributed by atoms with van der Waals surface area (Å²) in [5.41, 5.74) is -0.405. The summed E-state index contributed by atoms with van der Waals surface area (Å²) >= 11 is 0. The molecule has 3 aliphatic rings. The molecule has 2 bridgehead atoms. The molecule has 0 N–H and O–H groups in total. The van der Waals surface area contributed by atoms with Crippen molar-refractivity contribution >= 4 is 6.09 Å². The molecule has 0 spiro atoms. The third kappa shape index (κ3) is 1.59. The summed E-state index contributed by atoms with van der Waals surface area (Å²) in [4.78, 5) is 14.0. The van der Waals surface area contributed by atoms with Crippen molar-refractivity contribution in [3.8, 4) is 0 Å². The first-order valence-corrected chi connectivity index (χ1v) is 6.12. The Kier molecular flexibility index (Phi) is 2.03. The molecular formula is C12H19NO3. The lowest BCUT2D eigenvalue weighted by Crippen LogP contribution is -2.49. The van der Waals surface area contributed by atoms with Crippen LogP contribution >= 0.6 is 0 Å². The molecule has 4 atom stereocenters. The summed E-state index contributed by atoms with van der Waals surface area (Å²) < 4.78 is 11.0. The van der Waals surface area contributed by atoms with Gasteiger partial charge in [-0.05, 0) is 40.0 Å². The van der Waals surface area contributed by atoms with Gasteiger partial charge in [-0.1, -0.05) is 0 Å². The average Bonchev–Trinajstić information content (AvgIpc) is 2.79. The van der Waals surface area contributed by atoms with Crippen molar-refractivity contribution in [2.75, 3.05) is 0 Å². The van der Waals surface area contributed by atoms with E-state index in [2.05, 4.69) is 0 Å². The molecule has 4 heteroatoms. The van der Waals surface area contributed by atoms with E-state index < -0.39 is 5.60 Å². The standard InChI is InChI=1S/C12H19NO3/c1-12(2,3)16-11(14)13-7-4-5-8(13)10-9(6-7)15-10/h7-10H,4-6H2,1-3H3. The molecule has 90 valence electrons. The lowest BCUT2D eigenvalue weighted by Gasteiger charge is -2.34. The lowest BCUT2D eigenvalue weighted by molar-refractivity contribution is 0.0102. The van der Waals surface area contributed by atoms with E-state index in [1.54, 1.807) is 0 Å². The number of piperidine rings is 1. The number of rotatable bonds is 0. The zero-order valence-electron chi connectivity index (χ0n) is 10.1. The molecule has 0 aromatic carbocycles. The van der Waals surface area contributed by atoms with Crippen LogP contribution in [0.15, 0.2) is 0 Å². The minimum atomic E-state index is -0.405. The molecule has 3 saturated heterocycles. The van der Waals surface area contributed by atoms with Crippen LogP contribution in [0, 0.1) is 0 Å².